The van der Waals surface area contributed by atoms with E-state index in [2.05, 4.69) is 0 Å². The van der Waals surface area contributed by atoms with Crippen molar-refractivity contribution in [3.8, 4) is 0 Å². The van der Waals surface area contributed by atoms with Gasteiger partial charge in [0.15, 0.2) is 12.4 Å². The van der Waals surface area contributed by atoms with Gasteiger partial charge in [-0.25, -0.2) is 4.79 Å². The number of carbonyl (C=O) groups is 1. The number of ether oxygens (including phenoxy) is 2. The van der Waals surface area contributed by atoms with Crippen molar-refractivity contribution in [2.75, 3.05) is 0 Å². The predicted molar refractivity (Wildman–Crippen MR) is 70.3 cm³/mol. The van der Waals surface area contributed by atoms with Crippen LogP contribution in [0, 0.1) is 0 Å². The number of carboxylic acid groups (broad SMARTS) is 1. The second kappa shape index (κ2) is 6.50. The molecule has 1 aliphatic rings. The molecule has 4 N–H and O–H groups in total. The van der Waals surface area contributed by atoms with Crippen molar-refractivity contribution in [2.24, 2.45) is 0 Å². The van der Waals surface area contributed by atoms with Crippen LogP contribution in [0.25, 0.3) is 0 Å². The van der Waals surface area contributed by atoms with Crippen LogP contribution in [0.5, 0.6) is 0 Å². The molecule has 0 aromatic heterocycles. The second-order valence-corrected chi connectivity index (χ2v) is 4.92. The van der Waals surface area contributed by atoms with E-state index in [-0.39, 0.29) is 0 Å². The van der Waals surface area contributed by atoms with Gasteiger partial charge in [0.1, 0.15) is 18.3 Å². The van der Waals surface area contributed by atoms with E-state index < -0.39 is 42.8 Å². The number of carboxylic acids is 1. The monoisotopic (exact) mass is 298 g/mol. The van der Waals surface area contributed by atoms with Gasteiger partial charge < -0.3 is 29.9 Å². The molecule has 0 radical (unpaired) electrons. The number of hydrogen-bond acceptors (Lipinski definition) is 6. The Morgan fingerprint density at radius 2 is 1.76 bits per heavy atom. The van der Waals surface area contributed by atoms with E-state index in [1.54, 1.807) is 19.1 Å². The van der Waals surface area contributed by atoms with Crippen molar-refractivity contribution in [2.45, 2.75) is 43.7 Å². The lowest BCUT2D eigenvalue weighted by atomic mass is 9.99. The third-order valence-electron chi connectivity index (χ3n) is 3.42. The molecule has 1 aliphatic heterocycles. The average Bonchev–Trinajstić information content (AvgIpc) is 2.48. The maximum Gasteiger partial charge on any atom is 0.335 e. The van der Waals surface area contributed by atoms with Crippen molar-refractivity contribution in [3.05, 3.63) is 35.9 Å². The fourth-order valence-electron chi connectivity index (χ4n) is 2.17. The summed E-state index contributed by atoms with van der Waals surface area (Å²) in [6.07, 6.45) is -8.40. The Hall–Kier alpha value is -1.51. The van der Waals surface area contributed by atoms with Crippen LogP contribution in [-0.2, 0) is 14.3 Å². The largest absolute Gasteiger partial charge is 0.479 e. The third-order valence-corrected chi connectivity index (χ3v) is 3.42. The quantitative estimate of drug-likeness (QED) is 0.600. The molecule has 6 unspecified atom stereocenters. The van der Waals surface area contributed by atoms with Gasteiger partial charge >= 0.3 is 5.97 Å². The molecule has 6 atom stereocenters. The van der Waals surface area contributed by atoms with Gasteiger partial charge in [-0.15, -0.1) is 0 Å². The van der Waals surface area contributed by atoms with Crippen molar-refractivity contribution in [3.63, 3.8) is 0 Å². The summed E-state index contributed by atoms with van der Waals surface area (Å²) in [5.41, 5.74) is 0.806. The molecule has 1 aromatic carbocycles. The van der Waals surface area contributed by atoms with Gasteiger partial charge in [0, 0.05) is 0 Å². The fraction of sp³-hybridized carbons (Fsp3) is 0.500. The van der Waals surface area contributed by atoms with Gasteiger partial charge in [-0.3, -0.25) is 0 Å². The Morgan fingerprint density at radius 1 is 1.14 bits per heavy atom. The zero-order valence-corrected chi connectivity index (χ0v) is 11.4. The molecule has 1 saturated heterocycles. The lowest BCUT2D eigenvalue weighted by Crippen LogP contribution is -2.60. The van der Waals surface area contributed by atoms with E-state index in [1.807, 2.05) is 18.2 Å². The Morgan fingerprint density at radius 3 is 2.33 bits per heavy atom. The van der Waals surface area contributed by atoms with Gasteiger partial charge in [0.05, 0.1) is 6.10 Å². The minimum atomic E-state index is -1.72. The molecule has 0 bridgehead atoms. The summed E-state index contributed by atoms with van der Waals surface area (Å²) in [5, 5.41) is 38.1. The first kappa shape index (κ1) is 15.9. The molecule has 1 heterocycles. The summed E-state index contributed by atoms with van der Waals surface area (Å²) in [6, 6.07) is 9.07. The van der Waals surface area contributed by atoms with Gasteiger partial charge in [0.25, 0.3) is 0 Å². The molecule has 0 spiro atoms. The molecule has 116 valence electrons. The predicted octanol–water partition coefficient (Wildman–Crippen LogP) is -0.344. The number of benzene rings is 1. The number of rotatable bonds is 4. The van der Waals surface area contributed by atoms with E-state index in [9.17, 15) is 20.1 Å². The zero-order valence-electron chi connectivity index (χ0n) is 11.4. The highest BCUT2D eigenvalue weighted by Gasteiger charge is 2.47. The molecule has 0 aliphatic carbocycles. The highest BCUT2D eigenvalue weighted by Crippen LogP contribution is 2.27. The zero-order chi connectivity index (χ0) is 15.6. The minimum Gasteiger partial charge on any atom is -0.479 e. The lowest BCUT2D eigenvalue weighted by molar-refractivity contribution is -0.304. The smallest absolute Gasteiger partial charge is 0.335 e. The number of aliphatic hydroxyl groups excluding tert-OH is 3. The van der Waals surface area contributed by atoms with Crippen molar-refractivity contribution >= 4 is 5.97 Å². The molecule has 7 nitrogen and oxygen atoms in total. The van der Waals surface area contributed by atoms with Gasteiger partial charge in [-0.05, 0) is 12.5 Å². The SMILES string of the molecule is CC(OC1OC(C(=O)O)C(O)C(O)C1O)c1ccccc1. The highest BCUT2D eigenvalue weighted by atomic mass is 16.7. The first-order valence-electron chi connectivity index (χ1n) is 6.54. The Balaban J connectivity index is 2.09. The van der Waals surface area contributed by atoms with Crippen molar-refractivity contribution < 1.29 is 34.7 Å². The van der Waals surface area contributed by atoms with Crippen LogP contribution in [-0.4, -0.2) is 57.1 Å². The van der Waals surface area contributed by atoms with E-state index >= 15 is 0 Å². The third kappa shape index (κ3) is 3.39. The fourth-order valence-corrected chi connectivity index (χ4v) is 2.17. The standard InChI is InChI=1S/C14H18O7/c1-7(8-5-3-2-4-6-8)20-14-11(17)9(15)10(16)12(21-14)13(18)19/h2-7,9-12,14-17H,1H3,(H,18,19). The Bertz CT molecular complexity index is 477. The van der Waals surface area contributed by atoms with E-state index in [0.717, 1.165) is 5.56 Å². The van der Waals surface area contributed by atoms with Crippen LogP contribution in [0.1, 0.15) is 18.6 Å². The summed E-state index contributed by atoms with van der Waals surface area (Å²) in [4.78, 5) is 11.0. The molecular weight excluding hydrogens is 280 g/mol. The maximum atomic E-state index is 11.0. The molecule has 2 rings (SSSR count). The van der Waals surface area contributed by atoms with Crippen LogP contribution >= 0.6 is 0 Å². The van der Waals surface area contributed by atoms with E-state index in [1.165, 1.54) is 0 Å². The number of hydrogen-bond donors (Lipinski definition) is 4. The van der Waals surface area contributed by atoms with Gasteiger partial charge in [-0.2, -0.15) is 0 Å². The van der Waals surface area contributed by atoms with Crippen molar-refractivity contribution in [1.29, 1.82) is 0 Å². The minimum absolute atomic E-state index is 0.484. The summed E-state index contributed by atoms with van der Waals surface area (Å²) < 4.78 is 10.5. The lowest BCUT2D eigenvalue weighted by Gasteiger charge is -2.39. The molecule has 1 fully saturated rings. The van der Waals surface area contributed by atoms with E-state index in [0.29, 0.717) is 0 Å². The summed E-state index contributed by atoms with van der Waals surface area (Å²) in [7, 11) is 0. The van der Waals surface area contributed by atoms with Crippen LogP contribution < -0.4 is 0 Å². The Kier molecular flexibility index (Phi) is 4.92. The number of aliphatic hydroxyl groups is 3. The molecule has 1 aromatic rings. The van der Waals surface area contributed by atoms with Crippen LogP contribution in [0.4, 0.5) is 0 Å². The van der Waals surface area contributed by atoms with Crippen LogP contribution in [0.3, 0.4) is 0 Å². The normalized spacial score (nSPS) is 34.4. The summed E-state index contributed by atoms with van der Waals surface area (Å²) in [6.45, 7) is 1.71. The summed E-state index contributed by atoms with van der Waals surface area (Å²) >= 11 is 0. The van der Waals surface area contributed by atoms with Crippen molar-refractivity contribution in [1.82, 2.24) is 0 Å². The first-order valence-corrected chi connectivity index (χ1v) is 6.54. The second-order valence-electron chi connectivity index (χ2n) is 4.92. The molecule has 0 saturated carbocycles. The first-order chi connectivity index (χ1) is 9.91. The highest BCUT2D eigenvalue weighted by molar-refractivity contribution is 5.73. The molecule has 7 heteroatoms. The van der Waals surface area contributed by atoms with Gasteiger partial charge in [-0.1, -0.05) is 30.3 Å². The Labute approximate surface area is 121 Å². The molecular formula is C14H18O7. The molecule has 0 amide bonds. The summed E-state index contributed by atoms with van der Waals surface area (Å²) in [5.74, 6) is -1.44. The maximum absolute atomic E-state index is 11.0. The van der Waals surface area contributed by atoms with Crippen LogP contribution in [0.2, 0.25) is 0 Å². The number of aliphatic carboxylic acids is 1. The topological polar surface area (TPSA) is 116 Å². The molecule has 21 heavy (non-hydrogen) atoms. The average molecular weight is 298 g/mol. The van der Waals surface area contributed by atoms with Gasteiger partial charge in [0.2, 0.25) is 0 Å². The van der Waals surface area contributed by atoms with Crippen LogP contribution in [0.15, 0.2) is 30.3 Å². The van der Waals surface area contributed by atoms with E-state index in [4.69, 9.17) is 14.6 Å².